The first-order chi connectivity index (χ1) is 11.2. The van der Waals surface area contributed by atoms with Crippen LogP contribution in [-0.4, -0.2) is 47.7 Å². The molecule has 1 saturated heterocycles. The molecule has 1 aliphatic heterocycles. The zero-order valence-corrected chi connectivity index (χ0v) is 14.3. The van der Waals surface area contributed by atoms with Gasteiger partial charge >= 0.3 is 0 Å². The molecule has 6 heteroatoms. The van der Waals surface area contributed by atoms with E-state index in [0.29, 0.717) is 10.8 Å². The standard InChI is InChI=1S/C17H18ClN3OS/c18-14-5-1-2-6-15(14)23-13-17(22)21-11-9-20(10-12-21)16-7-3-4-8-19-16/h1-8H,9-13H2. The average Bonchev–Trinajstić information content (AvgIpc) is 2.62. The number of aromatic nitrogens is 1. The highest BCUT2D eigenvalue weighted by atomic mass is 35.5. The minimum atomic E-state index is 0.163. The summed E-state index contributed by atoms with van der Waals surface area (Å²) < 4.78 is 0. The summed E-state index contributed by atoms with van der Waals surface area (Å²) in [5, 5.41) is 0.699. The molecule has 0 saturated carbocycles. The smallest absolute Gasteiger partial charge is 0.233 e. The van der Waals surface area contributed by atoms with Crippen molar-refractivity contribution in [2.45, 2.75) is 4.90 Å². The second-order valence-electron chi connectivity index (χ2n) is 5.27. The highest BCUT2D eigenvalue weighted by molar-refractivity contribution is 8.00. The third-order valence-electron chi connectivity index (χ3n) is 3.79. The van der Waals surface area contributed by atoms with Gasteiger partial charge in [-0.2, -0.15) is 0 Å². The number of rotatable bonds is 4. The molecule has 0 spiro atoms. The van der Waals surface area contributed by atoms with Gasteiger partial charge in [0.05, 0.1) is 10.8 Å². The lowest BCUT2D eigenvalue weighted by Gasteiger charge is -2.35. The molecular weight excluding hydrogens is 330 g/mol. The van der Waals surface area contributed by atoms with E-state index in [1.165, 1.54) is 11.8 Å². The molecule has 4 nitrogen and oxygen atoms in total. The van der Waals surface area contributed by atoms with Gasteiger partial charge in [0.2, 0.25) is 5.91 Å². The first-order valence-corrected chi connectivity index (χ1v) is 8.91. The zero-order valence-electron chi connectivity index (χ0n) is 12.7. The molecule has 1 aliphatic rings. The van der Waals surface area contributed by atoms with E-state index < -0.39 is 0 Å². The number of benzene rings is 1. The SMILES string of the molecule is O=C(CSc1ccccc1Cl)N1CCN(c2ccccn2)CC1. The van der Waals surface area contributed by atoms with E-state index in [0.717, 1.165) is 36.9 Å². The van der Waals surface area contributed by atoms with Crippen molar-refractivity contribution in [3.05, 3.63) is 53.7 Å². The van der Waals surface area contributed by atoms with E-state index in [1.54, 1.807) is 6.20 Å². The highest BCUT2D eigenvalue weighted by Gasteiger charge is 2.21. The molecule has 23 heavy (non-hydrogen) atoms. The molecule has 120 valence electrons. The predicted molar refractivity (Wildman–Crippen MR) is 95.2 cm³/mol. The van der Waals surface area contributed by atoms with E-state index >= 15 is 0 Å². The van der Waals surface area contributed by atoms with E-state index in [-0.39, 0.29) is 5.91 Å². The summed E-state index contributed by atoms with van der Waals surface area (Å²) in [4.78, 5) is 21.8. The molecule has 2 heterocycles. The summed E-state index contributed by atoms with van der Waals surface area (Å²) in [5.41, 5.74) is 0. The summed E-state index contributed by atoms with van der Waals surface area (Å²) in [7, 11) is 0. The second-order valence-corrected chi connectivity index (χ2v) is 6.70. The number of halogens is 1. The van der Waals surface area contributed by atoms with Gasteiger partial charge in [0.15, 0.2) is 0 Å². The summed E-state index contributed by atoms with van der Waals surface area (Å²) in [6.07, 6.45) is 1.80. The van der Waals surface area contributed by atoms with Crippen molar-refractivity contribution in [3.63, 3.8) is 0 Å². The maximum absolute atomic E-state index is 12.4. The third kappa shape index (κ3) is 4.18. The number of nitrogens with zero attached hydrogens (tertiary/aromatic N) is 3. The fourth-order valence-corrected chi connectivity index (χ4v) is 3.66. The number of amides is 1. The van der Waals surface area contributed by atoms with Crippen molar-refractivity contribution in [3.8, 4) is 0 Å². The fraction of sp³-hybridized carbons (Fsp3) is 0.294. The van der Waals surface area contributed by atoms with Crippen LogP contribution in [0.3, 0.4) is 0 Å². The normalized spacial score (nSPS) is 14.8. The number of piperazine rings is 1. The van der Waals surface area contributed by atoms with Gasteiger partial charge in [-0.25, -0.2) is 4.98 Å². The third-order valence-corrected chi connectivity index (χ3v) is 5.29. The van der Waals surface area contributed by atoms with Crippen LogP contribution >= 0.6 is 23.4 Å². The minimum absolute atomic E-state index is 0.163. The Morgan fingerprint density at radius 3 is 2.52 bits per heavy atom. The van der Waals surface area contributed by atoms with E-state index in [1.807, 2.05) is 47.4 Å². The summed E-state index contributed by atoms with van der Waals surface area (Å²) in [6, 6.07) is 13.5. The zero-order chi connectivity index (χ0) is 16.1. The van der Waals surface area contributed by atoms with Crippen molar-refractivity contribution in [2.75, 3.05) is 36.8 Å². The number of carbonyl (C=O) groups is 1. The van der Waals surface area contributed by atoms with Gasteiger partial charge in [0.25, 0.3) is 0 Å². The van der Waals surface area contributed by atoms with Crippen molar-refractivity contribution in [1.82, 2.24) is 9.88 Å². The van der Waals surface area contributed by atoms with Crippen LogP contribution in [0, 0.1) is 0 Å². The number of hydrogen-bond acceptors (Lipinski definition) is 4. The molecule has 0 N–H and O–H groups in total. The second kappa shape index (κ2) is 7.70. The molecule has 0 unspecified atom stereocenters. The maximum atomic E-state index is 12.4. The fourth-order valence-electron chi connectivity index (χ4n) is 2.52. The van der Waals surface area contributed by atoms with Crippen LogP contribution < -0.4 is 4.90 Å². The van der Waals surface area contributed by atoms with Crippen LogP contribution in [0.15, 0.2) is 53.6 Å². The Hall–Kier alpha value is -1.72. The molecule has 0 atom stereocenters. The van der Waals surface area contributed by atoms with E-state index in [9.17, 15) is 4.79 Å². The lowest BCUT2D eigenvalue weighted by molar-refractivity contribution is -0.128. The van der Waals surface area contributed by atoms with Gasteiger partial charge in [0.1, 0.15) is 5.82 Å². The Labute approximate surface area is 145 Å². The summed E-state index contributed by atoms with van der Waals surface area (Å²) >= 11 is 7.62. The largest absolute Gasteiger partial charge is 0.353 e. The minimum Gasteiger partial charge on any atom is -0.353 e. The lowest BCUT2D eigenvalue weighted by atomic mass is 10.3. The van der Waals surface area contributed by atoms with Gasteiger partial charge in [-0.1, -0.05) is 29.8 Å². The van der Waals surface area contributed by atoms with Gasteiger partial charge in [-0.15, -0.1) is 11.8 Å². The van der Waals surface area contributed by atoms with Crippen molar-refractivity contribution in [2.24, 2.45) is 0 Å². The molecule has 2 aromatic rings. The number of carbonyl (C=O) groups excluding carboxylic acids is 1. The molecule has 1 amide bonds. The van der Waals surface area contributed by atoms with Gasteiger partial charge in [-0.05, 0) is 24.3 Å². The molecular formula is C17H18ClN3OS. The van der Waals surface area contributed by atoms with Crippen LogP contribution in [0.1, 0.15) is 0 Å². The summed E-state index contributed by atoms with van der Waals surface area (Å²) in [6.45, 7) is 3.11. The molecule has 0 radical (unpaired) electrons. The first-order valence-electron chi connectivity index (χ1n) is 7.55. The Balaban J connectivity index is 1.50. The lowest BCUT2D eigenvalue weighted by Crippen LogP contribution is -2.49. The highest BCUT2D eigenvalue weighted by Crippen LogP contribution is 2.26. The van der Waals surface area contributed by atoms with Gasteiger partial charge < -0.3 is 9.80 Å². The average molecular weight is 348 g/mol. The van der Waals surface area contributed by atoms with Crippen molar-refractivity contribution in [1.29, 1.82) is 0 Å². The molecule has 0 bridgehead atoms. The Morgan fingerprint density at radius 2 is 1.83 bits per heavy atom. The van der Waals surface area contributed by atoms with Crippen molar-refractivity contribution >= 4 is 35.1 Å². The van der Waals surface area contributed by atoms with Gasteiger partial charge in [0, 0.05) is 37.3 Å². The Bertz CT molecular complexity index is 660. The molecule has 0 aliphatic carbocycles. The quantitative estimate of drug-likeness (QED) is 0.796. The number of thioether (sulfide) groups is 1. The topological polar surface area (TPSA) is 36.4 Å². The molecule has 1 aromatic carbocycles. The first kappa shape index (κ1) is 16.1. The Kier molecular flexibility index (Phi) is 5.41. The molecule has 1 aromatic heterocycles. The van der Waals surface area contributed by atoms with Crippen LogP contribution in [0.4, 0.5) is 5.82 Å². The van der Waals surface area contributed by atoms with Gasteiger partial charge in [-0.3, -0.25) is 4.79 Å². The maximum Gasteiger partial charge on any atom is 0.233 e. The van der Waals surface area contributed by atoms with Crippen LogP contribution in [0.2, 0.25) is 5.02 Å². The van der Waals surface area contributed by atoms with Crippen LogP contribution in [0.25, 0.3) is 0 Å². The van der Waals surface area contributed by atoms with E-state index in [4.69, 9.17) is 11.6 Å². The van der Waals surface area contributed by atoms with E-state index in [2.05, 4.69) is 9.88 Å². The van der Waals surface area contributed by atoms with Crippen LogP contribution in [0.5, 0.6) is 0 Å². The Morgan fingerprint density at radius 1 is 1.09 bits per heavy atom. The van der Waals surface area contributed by atoms with Crippen molar-refractivity contribution < 1.29 is 4.79 Å². The monoisotopic (exact) mass is 347 g/mol. The van der Waals surface area contributed by atoms with Crippen LogP contribution in [-0.2, 0) is 4.79 Å². The number of hydrogen-bond donors (Lipinski definition) is 0. The number of anilines is 1. The molecule has 3 rings (SSSR count). The summed E-state index contributed by atoms with van der Waals surface area (Å²) in [5.74, 6) is 1.56. The number of pyridine rings is 1. The molecule has 1 fully saturated rings. The predicted octanol–water partition coefficient (Wildman–Crippen LogP) is 3.18.